The summed E-state index contributed by atoms with van der Waals surface area (Å²) in [5.74, 6) is -7.14. The van der Waals surface area contributed by atoms with Gasteiger partial charge in [-0.3, -0.25) is 14.4 Å². The number of primary amides is 1. The van der Waals surface area contributed by atoms with Crippen LogP contribution >= 0.6 is 0 Å². The highest BCUT2D eigenvalue weighted by Crippen LogP contribution is 2.53. The lowest BCUT2D eigenvalue weighted by Gasteiger charge is -2.53. The molecule has 2 unspecified atom stereocenters. The Labute approximate surface area is 243 Å². The summed E-state index contributed by atoms with van der Waals surface area (Å²) in [7, 11) is 8.71. The van der Waals surface area contributed by atoms with Crippen molar-refractivity contribution in [2.75, 3.05) is 35.3 Å². The molecular weight excluding hydrogens is 542 g/mol. The van der Waals surface area contributed by atoms with Crippen molar-refractivity contribution >= 4 is 23.2 Å². The van der Waals surface area contributed by atoms with Gasteiger partial charge in [-0.15, -0.1) is 0 Å². The number of ether oxygens (including phenoxy) is 1. The molecule has 42 heavy (non-hydrogen) atoms. The number of aromatic hydroxyl groups is 1. The van der Waals surface area contributed by atoms with Crippen LogP contribution < -0.4 is 10.5 Å². The molecule has 0 heterocycles. The summed E-state index contributed by atoms with van der Waals surface area (Å²) in [6.45, 7) is 0.665. The molecule has 0 bridgehead atoms. The first-order valence-electron chi connectivity index (χ1n) is 13.8. The highest BCUT2D eigenvalue weighted by molar-refractivity contribution is 6.25. The lowest BCUT2D eigenvalue weighted by Crippen LogP contribution is -2.73. The summed E-state index contributed by atoms with van der Waals surface area (Å²) in [5, 5.41) is 45.3. The summed E-state index contributed by atoms with van der Waals surface area (Å²) < 4.78 is 5.66. The third kappa shape index (κ3) is 4.30. The standard InChI is InChI=1S/C31H37N3O8/c1-33(2)13-14-6-9-21(42-5)17(10-14)16-7-8-20(35)23-18(16)11-15-12-19-25(34(3)4)27(37)24(30(32)40)29(39)31(19,41)28(38)22(15)26(23)36/h6-10,15,19,24-25,27,35-37,41H,11-13H2,1-5H3,(H2,32,40)/t15-,19-,24?,25-,27?,31-/m1/s1. The highest BCUT2D eigenvalue weighted by Gasteiger charge is 2.67. The minimum Gasteiger partial charge on any atom is -0.507 e. The fourth-order valence-corrected chi connectivity index (χ4v) is 7.29. The number of hydrogen-bond donors (Lipinski definition) is 5. The van der Waals surface area contributed by atoms with Crippen LogP contribution in [-0.2, 0) is 27.3 Å². The number of Topliss-reactive ketones (excluding diaryl/α,β-unsaturated/α-hetero) is 2. The van der Waals surface area contributed by atoms with E-state index in [2.05, 4.69) is 0 Å². The van der Waals surface area contributed by atoms with Crippen LogP contribution in [0.15, 0.2) is 35.9 Å². The molecule has 2 fully saturated rings. The lowest BCUT2D eigenvalue weighted by atomic mass is 9.54. The Morgan fingerprint density at radius 1 is 1.10 bits per heavy atom. The second kappa shape index (κ2) is 10.5. The monoisotopic (exact) mass is 579 g/mol. The van der Waals surface area contributed by atoms with Gasteiger partial charge >= 0.3 is 0 Å². The third-order valence-electron chi connectivity index (χ3n) is 9.02. The molecule has 11 heteroatoms. The molecule has 6 atom stereocenters. The summed E-state index contributed by atoms with van der Waals surface area (Å²) in [6.07, 6.45) is -1.30. The zero-order valence-corrected chi connectivity index (χ0v) is 24.3. The van der Waals surface area contributed by atoms with E-state index >= 15 is 0 Å². The van der Waals surface area contributed by atoms with Crippen LogP contribution in [0.4, 0.5) is 0 Å². The first-order valence-corrected chi connectivity index (χ1v) is 13.8. The van der Waals surface area contributed by atoms with Crippen LogP contribution in [0.5, 0.6) is 11.5 Å². The molecule has 1 amide bonds. The van der Waals surface area contributed by atoms with Crippen molar-refractivity contribution in [1.82, 2.24) is 9.80 Å². The first-order chi connectivity index (χ1) is 19.7. The molecule has 2 aromatic carbocycles. The molecule has 3 aliphatic rings. The molecule has 0 spiro atoms. The Hall–Kier alpha value is -3.77. The number of aliphatic hydroxyl groups excluding tert-OH is 2. The quantitative estimate of drug-likeness (QED) is 0.309. The Morgan fingerprint density at radius 3 is 2.38 bits per heavy atom. The Balaban J connectivity index is 1.70. The van der Waals surface area contributed by atoms with Gasteiger partial charge in [-0.25, -0.2) is 0 Å². The summed E-state index contributed by atoms with van der Waals surface area (Å²) >= 11 is 0. The fourth-order valence-electron chi connectivity index (χ4n) is 7.29. The topological polar surface area (TPSA) is 174 Å². The van der Waals surface area contributed by atoms with Crippen molar-refractivity contribution in [2.24, 2.45) is 23.5 Å². The average Bonchev–Trinajstić information content (AvgIpc) is 2.90. The van der Waals surface area contributed by atoms with Gasteiger partial charge in [-0.05, 0) is 81.8 Å². The Kier molecular flexibility index (Phi) is 7.43. The average molecular weight is 580 g/mol. The molecule has 11 nitrogen and oxygen atoms in total. The number of rotatable bonds is 6. The molecule has 2 aromatic rings. The van der Waals surface area contributed by atoms with E-state index in [1.165, 1.54) is 6.07 Å². The van der Waals surface area contributed by atoms with E-state index in [1.54, 1.807) is 32.2 Å². The van der Waals surface area contributed by atoms with E-state index in [0.717, 1.165) is 11.1 Å². The van der Waals surface area contributed by atoms with Gasteiger partial charge in [0.2, 0.25) is 11.7 Å². The number of hydrogen-bond acceptors (Lipinski definition) is 10. The number of amides is 1. The van der Waals surface area contributed by atoms with Gasteiger partial charge in [-0.1, -0.05) is 12.1 Å². The largest absolute Gasteiger partial charge is 0.507 e. The number of ketones is 2. The lowest BCUT2D eigenvalue weighted by molar-refractivity contribution is -0.184. The number of likely N-dealkylation sites (N-methyl/N-ethyl adjacent to an activating group) is 1. The van der Waals surface area contributed by atoms with E-state index < -0.39 is 58.7 Å². The van der Waals surface area contributed by atoms with Crippen LogP contribution in [0.1, 0.15) is 23.1 Å². The molecular formula is C31H37N3O8. The number of aliphatic hydroxyl groups is 3. The molecule has 0 saturated heterocycles. The molecule has 0 aliphatic heterocycles. The smallest absolute Gasteiger partial charge is 0.230 e. The minimum atomic E-state index is -2.69. The maximum absolute atomic E-state index is 14.1. The number of methoxy groups -OCH3 is 1. The van der Waals surface area contributed by atoms with E-state index in [0.29, 0.717) is 23.4 Å². The van der Waals surface area contributed by atoms with Gasteiger partial charge < -0.3 is 40.7 Å². The SMILES string of the molecule is COc1ccc(CN(C)C)cc1-c1ccc(O)c2c1C[C@@H]1C[C@@H]3[C@@H](N(C)C)C(O)C(C(N)=O)C(=O)[C@]3(O)C(=O)C1=C2O. The maximum atomic E-state index is 14.1. The Bertz CT molecular complexity index is 1520. The summed E-state index contributed by atoms with van der Waals surface area (Å²) in [4.78, 5) is 43.4. The van der Waals surface area contributed by atoms with Crippen molar-refractivity contribution in [3.05, 3.63) is 52.6 Å². The molecule has 5 rings (SSSR count). The van der Waals surface area contributed by atoms with E-state index in [4.69, 9.17) is 10.5 Å². The first kappa shape index (κ1) is 29.7. The Morgan fingerprint density at radius 2 is 1.79 bits per heavy atom. The molecule has 0 aromatic heterocycles. The van der Waals surface area contributed by atoms with Gasteiger partial charge in [0.05, 0.1) is 18.8 Å². The van der Waals surface area contributed by atoms with Gasteiger partial charge in [0.25, 0.3) is 0 Å². The van der Waals surface area contributed by atoms with Gasteiger partial charge in [0.1, 0.15) is 23.2 Å². The predicted molar refractivity (Wildman–Crippen MR) is 153 cm³/mol. The molecule has 3 aliphatic carbocycles. The number of benzene rings is 2. The fraction of sp³-hybridized carbons (Fsp3) is 0.452. The predicted octanol–water partition coefficient (Wildman–Crippen LogP) is 0.866. The van der Waals surface area contributed by atoms with Crippen LogP contribution in [0, 0.1) is 17.8 Å². The van der Waals surface area contributed by atoms with Crippen molar-refractivity contribution in [1.29, 1.82) is 0 Å². The van der Waals surface area contributed by atoms with Gasteiger partial charge in [-0.2, -0.15) is 0 Å². The number of fused-ring (bicyclic) bond motifs is 3. The van der Waals surface area contributed by atoms with Crippen molar-refractivity contribution in [3.8, 4) is 22.6 Å². The number of phenolic OH excluding ortho intramolecular Hbond substituents is 1. The number of nitrogens with zero attached hydrogens (tertiary/aromatic N) is 2. The zero-order valence-electron chi connectivity index (χ0n) is 24.3. The number of nitrogens with two attached hydrogens (primary N) is 1. The summed E-state index contributed by atoms with van der Waals surface area (Å²) in [5.41, 5.74) is 5.62. The third-order valence-corrected chi connectivity index (χ3v) is 9.02. The van der Waals surface area contributed by atoms with Crippen molar-refractivity contribution < 1.29 is 39.5 Å². The minimum absolute atomic E-state index is 0.0353. The highest BCUT2D eigenvalue weighted by atomic mass is 16.5. The van der Waals surface area contributed by atoms with Crippen LogP contribution in [0.25, 0.3) is 16.9 Å². The van der Waals surface area contributed by atoms with Gasteiger partial charge in [0, 0.05) is 29.6 Å². The molecule has 0 radical (unpaired) electrons. The van der Waals surface area contributed by atoms with Crippen molar-refractivity contribution in [3.63, 3.8) is 0 Å². The second-order valence-electron chi connectivity index (χ2n) is 12.0. The van der Waals surface area contributed by atoms with E-state index in [1.807, 2.05) is 37.2 Å². The maximum Gasteiger partial charge on any atom is 0.230 e. The normalized spacial score (nSPS) is 28.9. The van der Waals surface area contributed by atoms with Crippen molar-refractivity contribution in [2.45, 2.75) is 37.1 Å². The zero-order chi connectivity index (χ0) is 30.8. The second-order valence-corrected chi connectivity index (χ2v) is 12.0. The molecule has 6 N–H and O–H groups in total. The number of carbonyl (C=O) groups is 3. The summed E-state index contributed by atoms with van der Waals surface area (Å²) in [6, 6.07) is 7.99. The number of phenols is 1. The molecule has 224 valence electrons. The van der Waals surface area contributed by atoms with Gasteiger partial charge in [0.15, 0.2) is 11.4 Å². The van der Waals surface area contributed by atoms with Crippen LogP contribution in [0.2, 0.25) is 0 Å². The van der Waals surface area contributed by atoms with E-state index in [9.17, 15) is 34.8 Å². The molecule has 2 saturated carbocycles. The number of carbonyl (C=O) groups excluding carboxylic acids is 3. The van der Waals surface area contributed by atoms with E-state index in [-0.39, 0.29) is 29.7 Å². The van der Waals surface area contributed by atoms with Crippen LogP contribution in [-0.4, -0.2) is 101 Å². The van der Waals surface area contributed by atoms with Crippen LogP contribution in [0.3, 0.4) is 0 Å².